The summed E-state index contributed by atoms with van der Waals surface area (Å²) < 4.78 is 0. The molecule has 1 heterocycles. The fourth-order valence-corrected chi connectivity index (χ4v) is 1.35. The first kappa shape index (κ1) is 6.55. The summed E-state index contributed by atoms with van der Waals surface area (Å²) in [7, 11) is 0. The number of thiazole rings is 1. The zero-order valence-electron chi connectivity index (χ0n) is 5.22. The molecule has 1 N–H and O–H groups in total. The number of hydrogen-bond acceptors (Lipinski definition) is 3. The van der Waals surface area contributed by atoms with Gasteiger partial charge < -0.3 is 5.11 Å². The van der Waals surface area contributed by atoms with Crippen LogP contribution in [0.25, 0.3) is 0 Å². The van der Waals surface area contributed by atoms with Crippen LogP contribution < -0.4 is 0 Å². The third-order valence-corrected chi connectivity index (χ3v) is 2.03. The van der Waals surface area contributed by atoms with Crippen LogP contribution in [0.2, 0.25) is 0 Å². The Morgan fingerprint density at radius 1 is 1.78 bits per heavy atom. The molecule has 49 valence electrons. The molecule has 0 aliphatic heterocycles. The highest BCUT2D eigenvalue weighted by Crippen LogP contribution is 2.22. The Kier molecular flexibility index (Phi) is 1.71. The molecule has 0 spiro atoms. The lowest BCUT2D eigenvalue weighted by Gasteiger charge is -1.84. The third kappa shape index (κ3) is 1.21. The monoisotopic (exact) mass is 142 g/mol. The Morgan fingerprint density at radius 3 is 2.67 bits per heavy atom. The quantitative estimate of drug-likeness (QED) is 0.645. The van der Waals surface area contributed by atoms with Gasteiger partial charge in [-0.15, -0.1) is 11.3 Å². The summed E-state index contributed by atoms with van der Waals surface area (Å²) >= 11 is 1.49. The number of rotatable bonds is 1. The largest absolute Gasteiger partial charge is 0.492 e. The van der Waals surface area contributed by atoms with E-state index in [2.05, 4.69) is 11.9 Å². The molecule has 0 amide bonds. The maximum absolute atomic E-state index is 8.99. The van der Waals surface area contributed by atoms with Gasteiger partial charge in [-0.3, -0.25) is 0 Å². The molecular formula is C6H8NOS. The summed E-state index contributed by atoms with van der Waals surface area (Å²) in [4.78, 5) is 4.68. The molecule has 9 heavy (non-hydrogen) atoms. The number of aromatic hydroxyl groups is 1. The summed E-state index contributed by atoms with van der Waals surface area (Å²) in [5.41, 5.74) is 0. The van der Waals surface area contributed by atoms with Gasteiger partial charge in [-0.1, -0.05) is 0 Å². The van der Waals surface area contributed by atoms with E-state index in [1.807, 2.05) is 6.92 Å². The van der Waals surface area contributed by atoms with Crippen molar-refractivity contribution in [1.29, 1.82) is 0 Å². The lowest BCUT2D eigenvalue weighted by atomic mass is 10.4. The number of hydrogen-bond donors (Lipinski definition) is 1. The van der Waals surface area contributed by atoms with E-state index in [9.17, 15) is 0 Å². The summed E-state index contributed by atoms with van der Waals surface area (Å²) in [6, 6.07) is 0. The van der Waals surface area contributed by atoms with Crippen LogP contribution in [0.3, 0.4) is 0 Å². The Bertz CT molecular complexity index is 207. The molecule has 0 bridgehead atoms. The van der Waals surface area contributed by atoms with Crippen LogP contribution in [0, 0.1) is 13.8 Å². The lowest BCUT2D eigenvalue weighted by Crippen LogP contribution is -1.71. The molecule has 0 saturated heterocycles. The predicted octanol–water partition coefficient (Wildman–Crippen LogP) is 1.53. The molecule has 1 aromatic rings. The number of aryl methyl sites for hydroxylation is 1. The van der Waals surface area contributed by atoms with Gasteiger partial charge in [0.05, 0.1) is 9.88 Å². The molecule has 0 aromatic carbocycles. The summed E-state index contributed by atoms with van der Waals surface area (Å²) in [6.07, 6.45) is 0.622. The van der Waals surface area contributed by atoms with Gasteiger partial charge in [-0.05, 0) is 20.3 Å². The van der Waals surface area contributed by atoms with Gasteiger partial charge in [0.15, 0.2) is 0 Å². The summed E-state index contributed by atoms with van der Waals surface area (Å²) in [6.45, 7) is 5.51. The van der Waals surface area contributed by atoms with Gasteiger partial charge in [0.2, 0.25) is 5.88 Å². The summed E-state index contributed by atoms with van der Waals surface area (Å²) in [5.74, 6) is 0.146. The van der Waals surface area contributed by atoms with Crippen molar-refractivity contribution in [3.8, 4) is 5.88 Å². The molecule has 0 aliphatic rings. The van der Waals surface area contributed by atoms with Crippen LogP contribution in [0.4, 0.5) is 0 Å². The van der Waals surface area contributed by atoms with Crippen molar-refractivity contribution in [3.63, 3.8) is 0 Å². The first-order valence-corrected chi connectivity index (χ1v) is 3.50. The minimum absolute atomic E-state index is 0.146. The van der Waals surface area contributed by atoms with Crippen molar-refractivity contribution in [2.24, 2.45) is 0 Å². The molecule has 0 unspecified atom stereocenters. The topological polar surface area (TPSA) is 33.1 Å². The molecule has 0 aliphatic carbocycles. The molecule has 1 aromatic heterocycles. The maximum atomic E-state index is 8.99. The second-order valence-electron chi connectivity index (χ2n) is 1.73. The average molecular weight is 142 g/mol. The highest BCUT2D eigenvalue weighted by molar-refractivity contribution is 7.11. The van der Waals surface area contributed by atoms with E-state index in [0.29, 0.717) is 6.42 Å². The Morgan fingerprint density at radius 2 is 2.44 bits per heavy atom. The normalized spacial score (nSPS) is 10.0. The smallest absolute Gasteiger partial charge is 0.225 e. The van der Waals surface area contributed by atoms with Crippen LogP contribution in [0.5, 0.6) is 5.88 Å². The fraction of sp³-hybridized carbons (Fsp3) is 0.333. The van der Waals surface area contributed by atoms with Gasteiger partial charge >= 0.3 is 0 Å². The van der Waals surface area contributed by atoms with Gasteiger partial charge in [0.25, 0.3) is 0 Å². The van der Waals surface area contributed by atoms with Crippen molar-refractivity contribution in [1.82, 2.24) is 4.98 Å². The van der Waals surface area contributed by atoms with E-state index in [1.54, 1.807) is 0 Å². The van der Waals surface area contributed by atoms with Crippen molar-refractivity contribution < 1.29 is 5.11 Å². The second kappa shape index (κ2) is 2.35. The minimum atomic E-state index is 0.146. The van der Waals surface area contributed by atoms with Gasteiger partial charge in [-0.2, -0.15) is 0 Å². The predicted molar refractivity (Wildman–Crippen MR) is 37.6 cm³/mol. The number of aromatic nitrogens is 1. The average Bonchev–Trinajstić information content (AvgIpc) is 2.10. The Balaban J connectivity index is 3.01. The summed E-state index contributed by atoms with van der Waals surface area (Å²) in [5, 5.41) is 9.89. The van der Waals surface area contributed by atoms with Crippen molar-refractivity contribution in [2.75, 3.05) is 0 Å². The van der Waals surface area contributed by atoms with Crippen molar-refractivity contribution >= 4 is 11.3 Å². The van der Waals surface area contributed by atoms with Crippen molar-refractivity contribution in [3.05, 3.63) is 16.8 Å². The highest BCUT2D eigenvalue weighted by Gasteiger charge is 2.02. The standard InChI is InChI=1S/C6H8NOS/c1-3-5-6(8)7-4(2)9-5/h8H,1,3H2,2H3. The number of nitrogens with zero attached hydrogens (tertiary/aromatic N) is 1. The molecule has 0 atom stereocenters. The molecule has 0 saturated carbocycles. The SMILES string of the molecule is [CH2]Cc1sc(C)nc1O. The van der Waals surface area contributed by atoms with E-state index < -0.39 is 0 Å². The minimum Gasteiger partial charge on any atom is -0.492 e. The van der Waals surface area contributed by atoms with Crippen LogP contribution >= 0.6 is 11.3 Å². The lowest BCUT2D eigenvalue weighted by molar-refractivity contribution is 0.451. The van der Waals surface area contributed by atoms with Crippen molar-refractivity contribution in [2.45, 2.75) is 13.3 Å². The van der Waals surface area contributed by atoms with E-state index >= 15 is 0 Å². The van der Waals surface area contributed by atoms with E-state index in [-0.39, 0.29) is 5.88 Å². The highest BCUT2D eigenvalue weighted by atomic mass is 32.1. The molecule has 0 fully saturated rings. The zero-order valence-corrected chi connectivity index (χ0v) is 6.03. The van der Waals surface area contributed by atoms with E-state index in [0.717, 1.165) is 9.88 Å². The van der Waals surface area contributed by atoms with E-state index in [1.165, 1.54) is 11.3 Å². The van der Waals surface area contributed by atoms with Crippen LogP contribution in [-0.2, 0) is 6.42 Å². The first-order chi connectivity index (χ1) is 4.24. The van der Waals surface area contributed by atoms with Crippen LogP contribution in [-0.4, -0.2) is 10.1 Å². The molecular weight excluding hydrogens is 134 g/mol. The molecule has 1 rings (SSSR count). The first-order valence-electron chi connectivity index (χ1n) is 2.68. The van der Waals surface area contributed by atoms with Crippen LogP contribution in [0.1, 0.15) is 9.88 Å². The molecule has 1 radical (unpaired) electrons. The van der Waals surface area contributed by atoms with Gasteiger partial charge in [0, 0.05) is 0 Å². The molecule has 2 nitrogen and oxygen atoms in total. The second-order valence-corrected chi connectivity index (χ2v) is 3.02. The van der Waals surface area contributed by atoms with Crippen LogP contribution in [0.15, 0.2) is 0 Å². The fourth-order valence-electron chi connectivity index (χ4n) is 0.621. The zero-order chi connectivity index (χ0) is 6.85. The van der Waals surface area contributed by atoms with E-state index in [4.69, 9.17) is 5.11 Å². The van der Waals surface area contributed by atoms with Gasteiger partial charge in [-0.25, -0.2) is 4.98 Å². The molecule has 3 heteroatoms. The Labute approximate surface area is 58.2 Å². The van der Waals surface area contributed by atoms with Gasteiger partial charge in [0.1, 0.15) is 0 Å². The Hall–Kier alpha value is -0.570. The third-order valence-electron chi connectivity index (χ3n) is 1.01. The maximum Gasteiger partial charge on any atom is 0.225 e.